The molecule has 1 aliphatic heterocycles. The standard InChI is InChI=1S/C17H16BrNO2/c18-14-6-7-16(17(20)12-4-2-1-3-5-12)13(8-14)11-21-15-9-19-10-15/h1-8,15,19H,9-11H2. The average Bonchev–Trinajstić information content (AvgIpc) is 2.46. The number of hydrogen-bond donors (Lipinski definition) is 1. The Morgan fingerprint density at radius 2 is 1.95 bits per heavy atom. The number of rotatable bonds is 5. The van der Waals surface area contributed by atoms with Gasteiger partial charge in [0, 0.05) is 28.7 Å². The van der Waals surface area contributed by atoms with Gasteiger partial charge in [-0.3, -0.25) is 4.79 Å². The maximum atomic E-state index is 12.6. The van der Waals surface area contributed by atoms with Crippen molar-refractivity contribution in [2.75, 3.05) is 13.1 Å². The van der Waals surface area contributed by atoms with Gasteiger partial charge in [0.2, 0.25) is 0 Å². The third-order valence-corrected chi connectivity index (χ3v) is 4.06. The normalized spacial score (nSPS) is 14.7. The van der Waals surface area contributed by atoms with E-state index in [1.54, 1.807) is 0 Å². The summed E-state index contributed by atoms with van der Waals surface area (Å²) < 4.78 is 6.77. The van der Waals surface area contributed by atoms with E-state index in [-0.39, 0.29) is 11.9 Å². The molecule has 3 nitrogen and oxygen atoms in total. The second-order valence-electron chi connectivity index (χ2n) is 5.09. The molecule has 1 aliphatic rings. The predicted octanol–water partition coefficient (Wildman–Crippen LogP) is 3.17. The van der Waals surface area contributed by atoms with E-state index in [0.29, 0.717) is 17.7 Å². The Labute approximate surface area is 132 Å². The summed E-state index contributed by atoms with van der Waals surface area (Å²) >= 11 is 3.46. The zero-order valence-corrected chi connectivity index (χ0v) is 13.1. The third-order valence-electron chi connectivity index (χ3n) is 3.57. The van der Waals surface area contributed by atoms with Crippen molar-refractivity contribution < 1.29 is 9.53 Å². The Bertz CT molecular complexity index is 638. The molecule has 0 aliphatic carbocycles. The second-order valence-corrected chi connectivity index (χ2v) is 6.00. The lowest BCUT2D eigenvalue weighted by atomic mass is 9.99. The van der Waals surface area contributed by atoms with Crippen molar-refractivity contribution in [3.63, 3.8) is 0 Å². The van der Waals surface area contributed by atoms with Crippen molar-refractivity contribution in [2.45, 2.75) is 12.7 Å². The third kappa shape index (κ3) is 3.40. The van der Waals surface area contributed by atoms with Crippen molar-refractivity contribution in [1.29, 1.82) is 0 Å². The monoisotopic (exact) mass is 345 g/mol. The molecule has 3 rings (SSSR count). The van der Waals surface area contributed by atoms with E-state index in [9.17, 15) is 4.79 Å². The average molecular weight is 346 g/mol. The summed E-state index contributed by atoms with van der Waals surface area (Å²) in [7, 11) is 0. The van der Waals surface area contributed by atoms with Crippen LogP contribution in [-0.4, -0.2) is 25.0 Å². The largest absolute Gasteiger partial charge is 0.371 e. The van der Waals surface area contributed by atoms with Gasteiger partial charge in [-0.25, -0.2) is 0 Å². The second kappa shape index (κ2) is 6.52. The molecular weight excluding hydrogens is 330 g/mol. The molecule has 0 spiro atoms. The first-order valence-corrected chi connectivity index (χ1v) is 7.74. The first-order chi connectivity index (χ1) is 10.2. The highest BCUT2D eigenvalue weighted by Gasteiger charge is 2.19. The van der Waals surface area contributed by atoms with Crippen LogP contribution in [0.1, 0.15) is 21.5 Å². The lowest BCUT2D eigenvalue weighted by molar-refractivity contribution is 0.00731. The minimum absolute atomic E-state index is 0.0356. The Kier molecular flexibility index (Phi) is 4.48. The molecule has 0 amide bonds. The Morgan fingerprint density at radius 3 is 2.62 bits per heavy atom. The van der Waals surface area contributed by atoms with Gasteiger partial charge in [0.05, 0.1) is 12.7 Å². The fourth-order valence-corrected chi connectivity index (χ4v) is 2.64. The Morgan fingerprint density at radius 1 is 1.19 bits per heavy atom. The van der Waals surface area contributed by atoms with E-state index >= 15 is 0 Å². The lowest BCUT2D eigenvalue weighted by Crippen LogP contribution is -2.48. The van der Waals surface area contributed by atoms with Gasteiger partial charge >= 0.3 is 0 Å². The number of carbonyl (C=O) groups is 1. The molecule has 1 heterocycles. The highest BCUT2D eigenvalue weighted by Crippen LogP contribution is 2.21. The van der Waals surface area contributed by atoms with E-state index in [1.807, 2.05) is 48.5 Å². The van der Waals surface area contributed by atoms with Gasteiger partial charge in [-0.1, -0.05) is 46.3 Å². The maximum absolute atomic E-state index is 12.6. The van der Waals surface area contributed by atoms with Crippen molar-refractivity contribution in [3.05, 3.63) is 69.7 Å². The molecule has 1 fully saturated rings. The van der Waals surface area contributed by atoms with Crippen LogP contribution in [0.15, 0.2) is 53.0 Å². The highest BCUT2D eigenvalue weighted by molar-refractivity contribution is 9.10. The van der Waals surface area contributed by atoms with Crippen LogP contribution >= 0.6 is 15.9 Å². The molecule has 108 valence electrons. The van der Waals surface area contributed by atoms with Crippen LogP contribution in [0.5, 0.6) is 0 Å². The Hall–Kier alpha value is -1.49. The van der Waals surface area contributed by atoms with Gasteiger partial charge in [0.25, 0.3) is 0 Å². The molecule has 0 aromatic heterocycles. The van der Waals surface area contributed by atoms with Crippen molar-refractivity contribution in [2.24, 2.45) is 0 Å². The maximum Gasteiger partial charge on any atom is 0.193 e. The molecule has 0 saturated carbocycles. The quantitative estimate of drug-likeness (QED) is 0.846. The first-order valence-electron chi connectivity index (χ1n) is 6.94. The van der Waals surface area contributed by atoms with Crippen molar-refractivity contribution >= 4 is 21.7 Å². The van der Waals surface area contributed by atoms with E-state index in [4.69, 9.17) is 4.74 Å². The molecular formula is C17H16BrNO2. The number of halogens is 1. The molecule has 1 saturated heterocycles. The highest BCUT2D eigenvalue weighted by atomic mass is 79.9. The van der Waals surface area contributed by atoms with Crippen molar-refractivity contribution in [3.8, 4) is 0 Å². The fourth-order valence-electron chi connectivity index (χ4n) is 2.24. The molecule has 21 heavy (non-hydrogen) atoms. The number of nitrogens with one attached hydrogen (secondary N) is 1. The van der Waals surface area contributed by atoms with E-state index in [1.165, 1.54) is 0 Å². The molecule has 2 aromatic rings. The topological polar surface area (TPSA) is 38.3 Å². The zero-order valence-electron chi connectivity index (χ0n) is 11.5. The number of ether oxygens (including phenoxy) is 1. The Balaban J connectivity index is 1.84. The van der Waals surface area contributed by atoms with Crippen molar-refractivity contribution in [1.82, 2.24) is 5.32 Å². The first kappa shape index (κ1) is 14.4. The SMILES string of the molecule is O=C(c1ccccc1)c1ccc(Br)cc1COC1CNC1. The van der Waals surface area contributed by atoms with Gasteiger partial charge in [-0.2, -0.15) is 0 Å². The van der Waals surface area contributed by atoms with Crippen LogP contribution in [0, 0.1) is 0 Å². The molecule has 0 bridgehead atoms. The molecule has 0 radical (unpaired) electrons. The number of hydrogen-bond acceptors (Lipinski definition) is 3. The van der Waals surface area contributed by atoms with Crippen LogP contribution in [0.3, 0.4) is 0 Å². The number of ketones is 1. The summed E-state index contributed by atoms with van der Waals surface area (Å²) in [4.78, 5) is 12.6. The van der Waals surface area contributed by atoms with Gasteiger partial charge < -0.3 is 10.1 Å². The minimum atomic E-state index is 0.0356. The van der Waals surface area contributed by atoms with E-state index in [2.05, 4.69) is 21.2 Å². The van der Waals surface area contributed by atoms with Crippen LogP contribution in [0.2, 0.25) is 0 Å². The van der Waals surface area contributed by atoms with Gasteiger partial charge in [0.1, 0.15) is 0 Å². The van der Waals surface area contributed by atoms with Gasteiger partial charge in [-0.15, -0.1) is 0 Å². The van der Waals surface area contributed by atoms with Gasteiger partial charge in [0.15, 0.2) is 5.78 Å². The number of carbonyl (C=O) groups excluding carboxylic acids is 1. The minimum Gasteiger partial charge on any atom is -0.371 e. The predicted molar refractivity (Wildman–Crippen MR) is 85.5 cm³/mol. The van der Waals surface area contributed by atoms with Gasteiger partial charge in [-0.05, 0) is 23.8 Å². The van der Waals surface area contributed by atoms with Crippen LogP contribution < -0.4 is 5.32 Å². The smallest absolute Gasteiger partial charge is 0.193 e. The van der Waals surface area contributed by atoms with Crippen LogP contribution in [0.4, 0.5) is 0 Å². The summed E-state index contributed by atoms with van der Waals surface area (Å²) in [5, 5.41) is 3.17. The summed E-state index contributed by atoms with van der Waals surface area (Å²) in [6.45, 7) is 2.23. The molecule has 0 atom stereocenters. The summed E-state index contributed by atoms with van der Waals surface area (Å²) in [5.41, 5.74) is 2.33. The molecule has 2 aromatic carbocycles. The molecule has 4 heteroatoms. The van der Waals surface area contributed by atoms with E-state index in [0.717, 1.165) is 23.1 Å². The zero-order chi connectivity index (χ0) is 14.7. The summed E-state index contributed by atoms with van der Waals surface area (Å²) in [5.74, 6) is 0.0356. The van der Waals surface area contributed by atoms with E-state index < -0.39 is 0 Å². The lowest BCUT2D eigenvalue weighted by Gasteiger charge is -2.27. The fraction of sp³-hybridized carbons (Fsp3) is 0.235. The van der Waals surface area contributed by atoms with Crippen LogP contribution in [-0.2, 0) is 11.3 Å². The number of benzene rings is 2. The summed E-state index contributed by atoms with van der Waals surface area (Å²) in [6.07, 6.45) is 0.253. The molecule has 0 unspecified atom stereocenters. The summed E-state index contributed by atoms with van der Waals surface area (Å²) in [6, 6.07) is 15.1. The van der Waals surface area contributed by atoms with Crippen LogP contribution in [0.25, 0.3) is 0 Å². The molecule has 1 N–H and O–H groups in total.